The van der Waals surface area contributed by atoms with Gasteiger partial charge in [-0.25, -0.2) is 4.39 Å². The number of amides is 1. The average molecular weight is 314 g/mol. The molecule has 4 nitrogen and oxygen atoms in total. The van der Waals surface area contributed by atoms with Crippen LogP contribution in [0.1, 0.15) is 63.5 Å². The maximum Gasteiger partial charge on any atom is 0.268 e. The lowest BCUT2D eigenvalue weighted by molar-refractivity contribution is 0.0934. The van der Waals surface area contributed by atoms with Crippen molar-refractivity contribution in [1.82, 2.24) is 10.3 Å². The zero-order valence-electron chi connectivity index (χ0n) is 13.2. The molecular formula is C18H19FN2O2. The molecule has 1 aliphatic carbocycles. The van der Waals surface area contributed by atoms with Crippen molar-refractivity contribution in [3.8, 4) is 0 Å². The lowest BCUT2D eigenvalue weighted by Gasteiger charge is -2.14. The Balaban J connectivity index is 1.83. The summed E-state index contributed by atoms with van der Waals surface area (Å²) in [5.41, 5.74) is 3.34. The Morgan fingerprint density at radius 1 is 1.35 bits per heavy atom. The van der Waals surface area contributed by atoms with Crippen LogP contribution in [0.5, 0.6) is 0 Å². The van der Waals surface area contributed by atoms with Crippen LogP contribution >= 0.6 is 0 Å². The van der Waals surface area contributed by atoms with Crippen LogP contribution < -0.4 is 5.32 Å². The Morgan fingerprint density at radius 2 is 2.13 bits per heavy atom. The maximum absolute atomic E-state index is 13.3. The normalized spacial score (nSPS) is 15.2. The lowest BCUT2D eigenvalue weighted by Crippen LogP contribution is -2.27. The number of nitrogens with one attached hydrogen (secondary N) is 2. The summed E-state index contributed by atoms with van der Waals surface area (Å²) in [6.07, 6.45) is 2.13. The van der Waals surface area contributed by atoms with Crippen molar-refractivity contribution in [3.05, 3.63) is 58.2 Å². The molecule has 0 spiro atoms. The van der Waals surface area contributed by atoms with Crippen molar-refractivity contribution in [1.29, 1.82) is 0 Å². The first-order chi connectivity index (χ1) is 11.0. The molecule has 0 bridgehead atoms. The first-order valence-corrected chi connectivity index (χ1v) is 7.78. The molecule has 3 rings (SSSR count). The number of hydrogen-bond acceptors (Lipinski definition) is 2. The van der Waals surface area contributed by atoms with Gasteiger partial charge in [-0.2, -0.15) is 0 Å². The largest absolute Gasteiger partial charge is 0.354 e. The fourth-order valence-electron chi connectivity index (χ4n) is 3.13. The number of halogens is 1. The molecule has 1 atom stereocenters. The summed E-state index contributed by atoms with van der Waals surface area (Å²) in [6, 6.07) is 5.83. The van der Waals surface area contributed by atoms with Crippen LogP contribution in [0.2, 0.25) is 0 Å². The van der Waals surface area contributed by atoms with E-state index in [0.29, 0.717) is 28.8 Å². The number of aryl methyl sites for hydroxylation is 1. The molecule has 0 unspecified atom stereocenters. The Morgan fingerprint density at radius 3 is 2.83 bits per heavy atom. The predicted molar refractivity (Wildman–Crippen MR) is 85.1 cm³/mol. The van der Waals surface area contributed by atoms with Gasteiger partial charge in [0.25, 0.3) is 5.91 Å². The molecule has 0 radical (unpaired) electrons. The number of carbonyl (C=O) groups excluding carboxylic acids is 2. The molecule has 120 valence electrons. The van der Waals surface area contributed by atoms with Crippen molar-refractivity contribution in [2.24, 2.45) is 0 Å². The molecule has 1 heterocycles. The third-order valence-corrected chi connectivity index (χ3v) is 4.36. The minimum Gasteiger partial charge on any atom is -0.354 e. The second kappa shape index (κ2) is 5.99. The molecule has 5 heteroatoms. The minimum absolute atomic E-state index is 0.0947. The molecule has 0 aliphatic heterocycles. The SMILES string of the molecule is Cc1c(C(=O)N[C@H](C)c2cccc(F)c2)[nH]c2c1C(=O)CCC2. The Labute approximate surface area is 134 Å². The highest BCUT2D eigenvalue weighted by atomic mass is 19.1. The number of carbonyl (C=O) groups is 2. The third kappa shape index (κ3) is 2.91. The van der Waals surface area contributed by atoms with Crippen molar-refractivity contribution in [2.45, 2.75) is 39.2 Å². The summed E-state index contributed by atoms with van der Waals surface area (Å²) in [6.45, 7) is 3.59. The molecule has 0 fully saturated rings. The van der Waals surface area contributed by atoms with Gasteiger partial charge < -0.3 is 10.3 Å². The van der Waals surface area contributed by atoms with E-state index >= 15 is 0 Å². The highest BCUT2D eigenvalue weighted by Crippen LogP contribution is 2.26. The van der Waals surface area contributed by atoms with Crippen LogP contribution in [-0.2, 0) is 6.42 Å². The standard InChI is InChI=1S/C18H19FN2O2/c1-10-16-14(7-4-8-15(16)22)21-17(10)18(23)20-11(2)12-5-3-6-13(19)9-12/h3,5-6,9,11,21H,4,7-8H2,1-2H3,(H,20,23)/t11-/m1/s1. The Kier molecular flexibility index (Phi) is 4.03. The zero-order valence-corrected chi connectivity index (χ0v) is 13.2. The van der Waals surface area contributed by atoms with E-state index < -0.39 is 0 Å². The zero-order chi connectivity index (χ0) is 16.6. The monoisotopic (exact) mass is 314 g/mol. The van der Waals surface area contributed by atoms with Crippen LogP contribution in [0, 0.1) is 12.7 Å². The van der Waals surface area contributed by atoms with E-state index in [-0.39, 0.29) is 23.5 Å². The molecular weight excluding hydrogens is 295 g/mol. The molecule has 1 aromatic carbocycles. The average Bonchev–Trinajstić information content (AvgIpc) is 2.85. The number of Topliss-reactive ketones (excluding diaryl/α,β-unsaturated/α-hetero) is 1. The van der Waals surface area contributed by atoms with Crippen molar-refractivity contribution >= 4 is 11.7 Å². The fraction of sp³-hybridized carbons (Fsp3) is 0.333. The summed E-state index contributed by atoms with van der Waals surface area (Å²) >= 11 is 0. The van der Waals surface area contributed by atoms with E-state index in [9.17, 15) is 14.0 Å². The third-order valence-electron chi connectivity index (χ3n) is 4.36. The molecule has 2 aromatic rings. The fourth-order valence-corrected chi connectivity index (χ4v) is 3.13. The quantitative estimate of drug-likeness (QED) is 0.911. The van der Waals surface area contributed by atoms with Crippen molar-refractivity contribution in [2.75, 3.05) is 0 Å². The Hall–Kier alpha value is -2.43. The van der Waals surface area contributed by atoms with Crippen LogP contribution in [0.4, 0.5) is 4.39 Å². The first kappa shape index (κ1) is 15.5. The van der Waals surface area contributed by atoms with Gasteiger partial charge in [0.1, 0.15) is 11.5 Å². The van der Waals surface area contributed by atoms with Gasteiger partial charge in [-0.3, -0.25) is 9.59 Å². The van der Waals surface area contributed by atoms with Crippen LogP contribution in [0.15, 0.2) is 24.3 Å². The first-order valence-electron chi connectivity index (χ1n) is 7.78. The van der Waals surface area contributed by atoms with Gasteiger partial charge in [0.05, 0.1) is 6.04 Å². The number of fused-ring (bicyclic) bond motifs is 1. The number of ketones is 1. The Bertz CT molecular complexity index is 779. The van der Waals surface area contributed by atoms with Gasteiger partial charge in [-0.1, -0.05) is 12.1 Å². The van der Waals surface area contributed by atoms with Crippen LogP contribution in [0.25, 0.3) is 0 Å². The second-order valence-corrected chi connectivity index (χ2v) is 6.01. The van der Waals surface area contributed by atoms with E-state index in [0.717, 1.165) is 18.5 Å². The molecule has 1 amide bonds. The van der Waals surface area contributed by atoms with Gasteiger partial charge in [-0.15, -0.1) is 0 Å². The number of H-pyrrole nitrogens is 1. The van der Waals surface area contributed by atoms with Crippen molar-refractivity contribution in [3.63, 3.8) is 0 Å². The number of aromatic amines is 1. The summed E-state index contributed by atoms with van der Waals surface area (Å²) < 4.78 is 13.3. The highest BCUT2D eigenvalue weighted by Gasteiger charge is 2.26. The van der Waals surface area contributed by atoms with Crippen LogP contribution in [0.3, 0.4) is 0 Å². The lowest BCUT2D eigenvalue weighted by atomic mass is 9.94. The van der Waals surface area contributed by atoms with Gasteiger partial charge in [0, 0.05) is 17.7 Å². The molecule has 2 N–H and O–H groups in total. The molecule has 23 heavy (non-hydrogen) atoms. The number of rotatable bonds is 3. The maximum atomic E-state index is 13.3. The van der Waals surface area contributed by atoms with Gasteiger partial charge >= 0.3 is 0 Å². The summed E-state index contributed by atoms with van der Waals surface area (Å²) in [5, 5.41) is 2.86. The second-order valence-electron chi connectivity index (χ2n) is 6.01. The number of benzene rings is 1. The van der Waals surface area contributed by atoms with Crippen molar-refractivity contribution < 1.29 is 14.0 Å². The molecule has 1 aromatic heterocycles. The van der Waals surface area contributed by atoms with Gasteiger partial charge in [0.2, 0.25) is 0 Å². The topological polar surface area (TPSA) is 62.0 Å². The smallest absolute Gasteiger partial charge is 0.268 e. The van der Waals surface area contributed by atoms with E-state index in [1.165, 1.54) is 12.1 Å². The molecule has 0 saturated carbocycles. The minimum atomic E-state index is -0.333. The van der Waals surface area contributed by atoms with Crippen LogP contribution in [-0.4, -0.2) is 16.7 Å². The summed E-state index contributed by atoms with van der Waals surface area (Å²) in [5.74, 6) is -0.514. The number of aromatic nitrogens is 1. The van der Waals surface area contributed by atoms with E-state index in [1.54, 1.807) is 26.0 Å². The van der Waals surface area contributed by atoms with E-state index in [4.69, 9.17) is 0 Å². The van der Waals surface area contributed by atoms with Gasteiger partial charge in [0.15, 0.2) is 5.78 Å². The van der Waals surface area contributed by atoms with E-state index in [2.05, 4.69) is 10.3 Å². The summed E-state index contributed by atoms with van der Waals surface area (Å²) in [7, 11) is 0. The van der Waals surface area contributed by atoms with Gasteiger partial charge in [-0.05, 0) is 49.9 Å². The predicted octanol–water partition coefficient (Wildman–Crippen LogP) is 3.47. The highest BCUT2D eigenvalue weighted by molar-refractivity contribution is 6.04. The molecule has 1 aliphatic rings. The summed E-state index contributed by atoms with van der Waals surface area (Å²) in [4.78, 5) is 27.6. The molecule has 0 saturated heterocycles. The number of hydrogen-bond donors (Lipinski definition) is 2. The van der Waals surface area contributed by atoms with E-state index in [1.807, 2.05) is 0 Å².